The van der Waals surface area contributed by atoms with Gasteiger partial charge < -0.3 is 0 Å². The van der Waals surface area contributed by atoms with E-state index in [0.717, 1.165) is 12.3 Å². The molecular formula is C6H2ClF3IN. The Morgan fingerprint density at radius 1 is 1.42 bits per heavy atom. The van der Waals surface area contributed by atoms with Gasteiger partial charge in [0.15, 0.2) is 0 Å². The van der Waals surface area contributed by atoms with Crippen molar-refractivity contribution in [2.45, 2.75) is 6.18 Å². The van der Waals surface area contributed by atoms with Gasteiger partial charge in [0, 0.05) is 6.20 Å². The molecule has 6 heteroatoms. The zero-order valence-corrected chi connectivity index (χ0v) is 8.41. The topological polar surface area (TPSA) is 12.9 Å². The fourth-order valence-electron chi connectivity index (χ4n) is 0.630. The van der Waals surface area contributed by atoms with Crippen molar-refractivity contribution in [1.29, 1.82) is 0 Å². The molecule has 0 aromatic carbocycles. The van der Waals surface area contributed by atoms with E-state index in [2.05, 4.69) is 4.98 Å². The van der Waals surface area contributed by atoms with E-state index in [4.69, 9.17) is 11.6 Å². The molecule has 0 radical (unpaired) electrons. The van der Waals surface area contributed by atoms with Crippen LogP contribution in [0.5, 0.6) is 0 Å². The minimum absolute atomic E-state index is 0.268. The van der Waals surface area contributed by atoms with Crippen LogP contribution in [0.25, 0.3) is 0 Å². The maximum Gasteiger partial charge on any atom is 0.417 e. The zero-order valence-electron chi connectivity index (χ0n) is 5.49. The lowest BCUT2D eigenvalue weighted by Crippen LogP contribution is -2.06. The lowest BCUT2D eigenvalue weighted by Gasteiger charge is -2.07. The Labute approximate surface area is 85.1 Å². The van der Waals surface area contributed by atoms with Crippen LogP contribution in [0.1, 0.15) is 5.56 Å². The van der Waals surface area contributed by atoms with E-state index in [9.17, 15) is 13.2 Å². The standard InChI is InChI=1S/C6H2ClF3IN/c7-4-2-12-5(11)1-3(4)6(8,9)10/h1-2H. The molecule has 0 spiro atoms. The highest BCUT2D eigenvalue weighted by atomic mass is 127. The van der Waals surface area contributed by atoms with Crippen LogP contribution in [0, 0.1) is 3.70 Å². The molecular weight excluding hydrogens is 305 g/mol. The third-order valence-electron chi connectivity index (χ3n) is 1.13. The molecule has 1 rings (SSSR count). The van der Waals surface area contributed by atoms with Gasteiger partial charge >= 0.3 is 6.18 Å². The van der Waals surface area contributed by atoms with Crippen LogP contribution in [-0.4, -0.2) is 4.98 Å². The number of hydrogen-bond acceptors (Lipinski definition) is 1. The molecule has 0 bridgehead atoms. The summed E-state index contributed by atoms with van der Waals surface area (Å²) in [5.41, 5.74) is -0.844. The average molecular weight is 307 g/mol. The number of pyridine rings is 1. The minimum atomic E-state index is -4.40. The van der Waals surface area contributed by atoms with Crippen molar-refractivity contribution in [2.75, 3.05) is 0 Å². The predicted octanol–water partition coefficient (Wildman–Crippen LogP) is 3.36. The van der Waals surface area contributed by atoms with E-state index in [0.29, 0.717) is 0 Å². The summed E-state index contributed by atoms with van der Waals surface area (Å²) in [5.74, 6) is 0. The number of halogens is 5. The van der Waals surface area contributed by atoms with Crippen molar-refractivity contribution in [2.24, 2.45) is 0 Å². The largest absolute Gasteiger partial charge is 0.417 e. The third-order valence-corrected chi connectivity index (χ3v) is 2.02. The first kappa shape index (κ1) is 10.0. The Bertz CT molecular complexity index is 299. The summed E-state index contributed by atoms with van der Waals surface area (Å²) >= 11 is 6.99. The molecule has 66 valence electrons. The van der Waals surface area contributed by atoms with E-state index in [1.165, 1.54) is 0 Å². The van der Waals surface area contributed by atoms with E-state index >= 15 is 0 Å². The van der Waals surface area contributed by atoms with Gasteiger partial charge in [-0.1, -0.05) is 11.6 Å². The van der Waals surface area contributed by atoms with E-state index < -0.39 is 11.7 Å². The second-order valence-corrected chi connectivity index (χ2v) is 3.50. The molecule has 1 nitrogen and oxygen atoms in total. The van der Waals surface area contributed by atoms with Gasteiger partial charge in [0.25, 0.3) is 0 Å². The Balaban J connectivity index is 3.23. The summed E-state index contributed by atoms with van der Waals surface area (Å²) in [6.07, 6.45) is -3.41. The number of hydrogen-bond donors (Lipinski definition) is 0. The predicted molar refractivity (Wildman–Crippen MR) is 47.0 cm³/mol. The fraction of sp³-hybridized carbons (Fsp3) is 0.167. The molecule has 0 N–H and O–H groups in total. The SMILES string of the molecule is FC(F)(F)c1cc(I)ncc1Cl. The summed E-state index contributed by atoms with van der Waals surface area (Å²) in [6, 6.07) is 0.906. The molecule has 0 fully saturated rings. The highest BCUT2D eigenvalue weighted by Gasteiger charge is 2.33. The lowest BCUT2D eigenvalue weighted by molar-refractivity contribution is -0.137. The van der Waals surface area contributed by atoms with E-state index in [1.807, 2.05) is 0 Å². The van der Waals surface area contributed by atoms with Gasteiger partial charge in [-0.15, -0.1) is 0 Å². The van der Waals surface area contributed by atoms with Crippen LogP contribution >= 0.6 is 34.2 Å². The highest BCUT2D eigenvalue weighted by Crippen LogP contribution is 2.34. The minimum Gasteiger partial charge on any atom is -0.249 e. The van der Waals surface area contributed by atoms with Crippen LogP contribution in [0.15, 0.2) is 12.3 Å². The molecule has 12 heavy (non-hydrogen) atoms. The highest BCUT2D eigenvalue weighted by molar-refractivity contribution is 14.1. The Hall–Kier alpha value is -0.0400. The summed E-state index contributed by atoms with van der Waals surface area (Å²) in [6.45, 7) is 0. The maximum absolute atomic E-state index is 12.1. The molecule has 1 aromatic rings. The smallest absolute Gasteiger partial charge is 0.249 e. The summed E-state index contributed by atoms with van der Waals surface area (Å²) in [4.78, 5) is 3.61. The summed E-state index contributed by atoms with van der Waals surface area (Å²) in [5, 5.41) is -0.372. The lowest BCUT2D eigenvalue weighted by atomic mass is 10.3. The maximum atomic E-state index is 12.1. The van der Waals surface area contributed by atoms with Crippen LogP contribution in [0.2, 0.25) is 5.02 Å². The first-order chi connectivity index (χ1) is 5.41. The summed E-state index contributed by atoms with van der Waals surface area (Å²) in [7, 11) is 0. The van der Waals surface area contributed by atoms with Crippen LogP contribution in [0.3, 0.4) is 0 Å². The monoisotopic (exact) mass is 307 g/mol. The van der Waals surface area contributed by atoms with Crippen LogP contribution in [-0.2, 0) is 6.18 Å². The van der Waals surface area contributed by atoms with Crippen molar-refractivity contribution < 1.29 is 13.2 Å². The van der Waals surface area contributed by atoms with Crippen LogP contribution < -0.4 is 0 Å². The van der Waals surface area contributed by atoms with Crippen molar-refractivity contribution in [1.82, 2.24) is 4.98 Å². The third kappa shape index (κ3) is 2.22. The van der Waals surface area contributed by atoms with Gasteiger partial charge in [0.2, 0.25) is 0 Å². The number of aromatic nitrogens is 1. The molecule has 0 saturated carbocycles. The Morgan fingerprint density at radius 3 is 2.42 bits per heavy atom. The van der Waals surface area contributed by atoms with Crippen LogP contribution in [0.4, 0.5) is 13.2 Å². The second kappa shape index (κ2) is 3.37. The van der Waals surface area contributed by atoms with Gasteiger partial charge in [0.05, 0.1) is 10.6 Å². The van der Waals surface area contributed by atoms with E-state index in [1.54, 1.807) is 22.6 Å². The Morgan fingerprint density at radius 2 is 2.00 bits per heavy atom. The van der Waals surface area contributed by atoms with E-state index in [-0.39, 0.29) is 8.72 Å². The molecule has 0 atom stereocenters. The second-order valence-electron chi connectivity index (χ2n) is 1.98. The number of nitrogens with zero attached hydrogens (tertiary/aromatic N) is 1. The number of rotatable bonds is 0. The van der Waals surface area contributed by atoms with Crippen molar-refractivity contribution in [3.05, 3.63) is 26.5 Å². The molecule has 1 heterocycles. The van der Waals surface area contributed by atoms with Crippen molar-refractivity contribution in [3.8, 4) is 0 Å². The molecule has 0 unspecified atom stereocenters. The van der Waals surface area contributed by atoms with Gasteiger partial charge in [-0.05, 0) is 28.7 Å². The average Bonchev–Trinajstić information content (AvgIpc) is 1.92. The van der Waals surface area contributed by atoms with Gasteiger partial charge in [-0.2, -0.15) is 13.2 Å². The molecule has 0 amide bonds. The van der Waals surface area contributed by atoms with Gasteiger partial charge in [-0.3, -0.25) is 0 Å². The number of alkyl halides is 3. The first-order valence-corrected chi connectivity index (χ1v) is 4.25. The quantitative estimate of drug-likeness (QED) is 0.529. The first-order valence-electron chi connectivity index (χ1n) is 2.79. The summed E-state index contributed by atoms with van der Waals surface area (Å²) < 4.78 is 36.6. The molecule has 0 saturated heterocycles. The Kier molecular flexibility index (Phi) is 2.82. The molecule has 0 aliphatic carbocycles. The molecule has 0 aliphatic rings. The zero-order chi connectivity index (χ0) is 9.35. The van der Waals surface area contributed by atoms with Gasteiger partial charge in [-0.25, -0.2) is 4.98 Å². The molecule has 1 aromatic heterocycles. The molecule has 0 aliphatic heterocycles. The fourth-order valence-corrected chi connectivity index (χ4v) is 1.29. The van der Waals surface area contributed by atoms with Gasteiger partial charge in [0.1, 0.15) is 3.70 Å². The normalized spacial score (nSPS) is 11.8. The van der Waals surface area contributed by atoms with Crippen molar-refractivity contribution >= 4 is 34.2 Å². The van der Waals surface area contributed by atoms with Crippen molar-refractivity contribution in [3.63, 3.8) is 0 Å².